The second-order valence-corrected chi connectivity index (χ2v) is 6.77. The van der Waals surface area contributed by atoms with Crippen LogP contribution in [-0.2, 0) is 19.8 Å². The minimum Gasteiger partial charge on any atom is -0.468 e. The smallest absolute Gasteiger partial charge is 0.340 e. The van der Waals surface area contributed by atoms with Gasteiger partial charge in [0.25, 0.3) is 0 Å². The molecule has 0 amide bonds. The van der Waals surface area contributed by atoms with Gasteiger partial charge in [-0.3, -0.25) is 0 Å². The number of benzene rings is 3. The van der Waals surface area contributed by atoms with Gasteiger partial charge in [-0.1, -0.05) is 42.5 Å². The van der Waals surface area contributed by atoms with Crippen molar-refractivity contribution in [2.24, 2.45) is 0 Å². The highest BCUT2D eigenvalue weighted by molar-refractivity contribution is 5.96. The maximum Gasteiger partial charge on any atom is 0.340 e. The van der Waals surface area contributed by atoms with Crippen LogP contribution in [0.5, 0.6) is 11.5 Å². The van der Waals surface area contributed by atoms with Crippen molar-refractivity contribution < 1.29 is 28.5 Å². The van der Waals surface area contributed by atoms with E-state index in [9.17, 15) is 4.79 Å². The molecule has 6 nitrogen and oxygen atoms in total. The van der Waals surface area contributed by atoms with Gasteiger partial charge in [-0.05, 0) is 30.3 Å². The number of fused-ring (bicyclic) bond motifs is 1. The summed E-state index contributed by atoms with van der Waals surface area (Å²) >= 11 is 0. The Labute approximate surface area is 174 Å². The molecule has 0 saturated heterocycles. The molecule has 0 unspecified atom stereocenters. The minimum absolute atomic E-state index is 0.158. The second kappa shape index (κ2) is 8.57. The van der Waals surface area contributed by atoms with Crippen LogP contribution in [0.25, 0.3) is 0 Å². The number of cyclic esters (lactones) is 1. The molecule has 0 radical (unpaired) electrons. The molecule has 3 aromatic carbocycles. The van der Waals surface area contributed by atoms with E-state index in [0.717, 1.165) is 16.7 Å². The Hall–Kier alpha value is -3.35. The summed E-state index contributed by atoms with van der Waals surface area (Å²) < 4.78 is 27.0. The first-order chi connectivity index (χ1) is 14.7. The molecule has 30 heavy (non-hydrogen) atoms. The summed E-state index contributed by atoms with van der Waals surface area (Å²) in [5, 5.41) is 0. The van der Waals surface area contributed by atoms with Gasteiger partial charge < -0.3 is 23.7 Å². The van der Waals surface area contributed by atoms with Crippen molar-refractivity contribution in [1.82, 2.24) is 0 Å². The Bertz CT molecular complexity index is 959. The van der Waals surface area contributed by atoms with Gasteiger partial charge in [0, 0.05) is 30.9 Å². The van der Waals surface area contributed by atoms with Crippen LogP contribution < -0.4 is 9.47 Å². The number of carbonyl (C=O) groups excluding carboxylic acids is 1. The number of methoxy groups -OCH3 is 2. The van der Waals surface area contributed by atoms with E-state index in [1.807, 2.05) is 66.7 Å². The Kier molecular flexibility index (Phi) is 5.70. The van der Waals surface area contributed by atoms with Crippen LogP contribution >= 0.6 is 0 Å². The van der Waals surface area contributed by atoms with Gasteiger partial charge in [0.1, 0.15) is 11.5 Å². The number of hydrogen-bond acceptors (Lipinski definition) is 6. The third-order valence-corrected chi connectivity index (χ3v) is 4.98. The SMILES string of the molecule is COCOc1ccc(C2(c3ccc(OCOC)cc3)OC(=O)c3ccccc32)cc1. The molecule has 1 aliphatic heterocycles. The average Bonchev–Trinajstić information content (AvgIpc) is 3.10. The van der Waals surface area contributed by atoms with E-state index in [4.69, 9.17) is 23.7 Å². The van der Waals surface area contributed by atoms with Crippen molar-refractivity contribution in [2.45, 2.75) is 5.60 Å². The van der Waals surface area contributed by atoms with Crippen LogP contribution in [-0.4, -0.2) is 33.8 Å². The topological polar surface area (TPSA) is 63.2 Å². The van der Waals surface area contributed by atoms with E-state index in [-0.39, 0.29) is 19.6 Å². The van der Waals surface area contributed by atoms with Crippen molar-refractivity contribution in [1.29, 1.82) is 0 Å². The Balaban J connectivity index is 1.80. The Morgan fingerprint density at radius 1 is 0.733 bits per heavy atom. The van der Waals surface area contributed by atoms with Crippen molar-refractivity contribution in [3.8, 4) is 11.5 Å². The Morgan fingerprint density at radius 2 is 1.23 bits per heavy atom. The maximum atomic E-state index is 12.7. The second-order valence-electron chi connectivity index (χ2n) is 6.77. The van der Waals surface area contributed by atoms with Crippen LogP contribution in [0.3, 0.4) is 0 Å². The summed E-state index contributed by atoms with van der Waals surface area (Å²) in [6.07, 6.45) is 0. The molecular formula is C24H22O6. The molecule has 0 bridgehead atoms. The highest BCUT2D eigenvalue weighted by Gasteiger charge is 2.48. The third kappa shape index (κ3) is 3.51. The van der Waals surface area contributed by atoms with Crippen molar-refractivity contribution in [2.75, 3.05) is 27.8 Å². The molecule has 3 aromatic rings. The predicted molar refractivity (Wildman–Crippen MR) is 110 cm³/mol. The number of esters is 1. The first-order valence-corrected chi connectivity index (χ1v) is 9.46. The summed E-state index contributed by atoms with van der Waals surface area (Å²) in [4.78, 5) is 12.7. The van der Waals surface area contributed by atoms with Crippen molar-refractivity contribution in [3.63, 3.8) is 0 Å². The summed E-state index contributed by atoms with van der Waals surface area (Å²) in [7, 11) is 3.14. The third-order valence-electron chi connectivity index (χ3n) is 4.98. The summed E-state index contributed by atoms with van der Waals surface area (Å²) in [5.41, 5.74) is 1.92. The molecule has 0 aromatic heterocycles. The van der Waals surface area contributed by atoms with Gasteiger partial charge in [0.2, 0.25) is 0 Å². The molecule has 1 aliphatic rings. The normalized spacial score (nSPS) is 14.1. The molecule has 0 N–H and O–H groups in total. The maximum absolute atomic E-state index is 12.7. The van der Waals surface area contributed by atoms with E-state index in [1.165, 1.54) is 0 Å². The van der Waals surface area contributed by atoms with E-state index in [0.29, 0.717) is 17.1 Å². The molecule has 6 heteroatoms. The zero-order valence-corrected chi connectivity index (χ0v) is 16.8. The first kappa shape index (κ1) is 19.9. The van der Waals surface area contributed by atoms with Crippen LogP contribution in [0, 0.1) is 0 Å². The van der Waals surface area contributed by atoms with Crippen LogP contribution in [0.4, 0.5) is 0 Å². The standard InChI is InChI=1S/C24H22O6/c1-26-15-28-19-11-7-17(8-12-19)24(18-9-13-20(14-10-18)29-16-27-2)22-6-4-3-5-21(22)23(25)30-24/h3-14H,15-16H2,1-2H3. The van der Waals surface area contributed by atoms with Gasteiger partial charge in [-0.2, -0.15) is 0 Å². The quantitative estimate of drug-likeness (QED) is 0.414. The molecular weight excluding hydrogens is 384 g/mol. The largest absolute Gasteiger partial charge is 0.468 e. The molecule has 0 aliphatic carbocycles. The lowest BCUT2D eigenvalue weighted by Crippen LogP contribution is -2.29. The summed E-state index contributed by atoms with van der Waals surface area (Å²) in [6.45, 7) is 0.316. The molecule has 0 fully saturated rings. The minimum atomic E-state index is -1.06. The zero-order chi connectivity index (χ0) is 21.0. The van der Waals surface area contributed by atoms with Crippen LogP contribution in [0.2, 0.25) is 0 Å². The van der Waals surface area contributed by atoms with Crippen molar-refractivity contribution >= 4 is 5.97 Å². The monoisotopic (exact) mass is 406 g/mol. The highest BCUT2D eigenvalue weighted by atomic mass is 16.7. The van der Waals surface area contributed by atoms with E-state index in [1.54, 1.807) is 20.3 Å². The zero-order valence-electron chi connectivity index (χ0n) is 16.8. The summed E-state index contributed by atoms with van der Waals surface area (Å²) in [5.74, 6) is 0.971. The van der Waals surface area contributed by atoms with Gasteiger partial charge >= 0.3 is 5.97 Å². The molecule has 4 rings (SSSR count). The fraction of sp³-hybridized carbons (Fsp3) is 0.208. The lowest BCUT2D eigenvalue weighted by molar-refractivity contribution is 0.0250. The number of ether oxygens (including phenoxy) is 5. The molecule has 1 heterocycles. The fourth-order valence-corrected chi connectivity index (χ4v) is 3.64. The molecule has 154 valence electrons. The lowest BCUT2D eigenvalue weighted by Gasteiger charge is -2.30. The summed E-state index contributed by atoms with van der Waals surface area (Å²) in [6, 6.07) is 22.4. The van der Waals surface area contributed by atoms with Crippen molar-refractivity contribution in [3.05, 3.63) is 95.1 Å². The number of carbonyl (C=O) groups is 1. The lowest BCUT2D eigenvalue weighted by atomic mass is 9.80. The van der Waals surface area contributed by atoms with Gasteiger partial charge in [0.15, 0.2) is 19.2 Å². The predicted octanol–water partition coefficient (Wildman–Crippen LogP) is 4.11. The van der Waals surface area contributed by atoms with E-state index in [2.05, 4.69) is 0 Å². The van der Waals surface area contributed by atoms with E-state index >= 15 is 0 Å². The molecule has 0 spiro atoms. The van der Waals surface area contributed by atoms with Crippen LogP contribution in [0.15, 0.2) is 72.8 Å². The van der Waals surface area contributed by atoms with E-state index < -0.39 is 5.60 Å². The highest BCUT2D eigenvalue weighted by Crippen LogP contribution is 2.47. The molecule has 0 saturated carbocycles. The molecule has 0 atom stereocenters. The van der Waals surface area contributed by atoms with Gasteiger partial charge in [-0.25, -0.2) is 4.79 Å². The number of rotatable bonds is 8. The van der Waals surface area contributed by atoms with Crippen LogP contribution in [0.1, 0.15) is 27.0 Å². The fourth-order valence-electron chi connectivity index (χ4n) is 3.64. The van der Waals surface area contributed by atoms with Gasteiger partial charge in [-0.15, -0.1) is 0 Å². The Morgan fingerprint density at radius 3 is 1.73 bits per heavy atom. The first-order valence-electron chi connectivity index (χ1n) is 9.46. The van der Waals surface area contributed by atoms with Gasteiger partial charge in [0.05, 0.1) is 5.56 Å². The average molecular weight is 406 g/mol. The number of hydrogen-bond donors (Lipinski definition) is 0.